The number of benzene rings is 2. The lowest BCUT2D eigenvalue weighted by Gasteiger charge is -2.16. The Morgan fingerprint density at radius 2 is 2.04 bits per heavy atom. The Hall–Kier alpha value is -2.57. The zero-order chi connectivity index (χ0) is 18.4. The van der Waals surface area contributed by atoms with Crippen LogP contribution in [0.5, 0.6) is 5.75 Å². The Bertz CT molecular complexity index is 869. The van der Waals surface area contributed by atoms with E-state index in [0.29, 0.717) is 15.9 Å². The molecule has 134 valence electrons. The Morgan fingerprint density at radius 3 is 2.81 bits per heavy atom. The first kappa shape index (κ1) is 18.2. The van der Waals surface area contributed by atoms with E-state index in [2.05, 4.69) is 34.8 Å². The Labute approximate surface area is 162 Å². The van der Waals surface area contributed by atoms with Crippen LogP contribution in [0, 0.1) is 0 Å². The maximum Gasteiger partial charge on any atom is 0.180 e. The lowest BCUT2D eigenvalue weighted by Crippen LogP contribution is -2.30. The number of nitrogens with one attached hydrogen (secondary N) is 2. The molecule has 1 aromatic heterocycles. The number of hydrogen-bond donors (Lipinski definition) is 2. The van der Waals surface area contributed by atoms with E-state index in [-0.39, 0.29) is 12.8 Å². The molecule has 0 amide bonds. The minimum absolute atomic E-state index is 0.109. The van der Waals surface area contributed by atoms with Gasteiger partial charge in [-0.3, -0.25) is 0 Å². The van der Waals surface area contributed by atoms with E-state index >= 15 is 0 Å². The van der Waals surface area contributed by atoms with Gasteiger partial charge in [-0.25, -0.2) is 4.68 Å². The van der Waals surface area contributed by atoms with Crippen molar-refractivity contribution in [3.8, 4) is 5.75 Å². The Balaban J connectivity index is 1.50. The van der Waals surface area contributed by atoms with Crippen molar-refractivity contribution in [3.63, 3.8) is 0 Å². The monoisotopic (exact) mass is 386 g/mol. The number of rotatable bonds is 6. The molecule has 0 radical (unpaired) electrons. The number of aromatic nitrogens is 2. The third kappa shape index (κ3) is 5.21. The maximum atomic E-state index is 5.94. The molecule has 2 aromatic carbocycles. The number of anilines is 1. The van der Waals surface area contributed by atoms with Crippen LogP contribution in [0.25, 0.3) is 0 Å². The highest BCUT2D eigenvalue weighted by atomic mass is 35.5. The molecule has 26 heavy (non-hydrogen) atoms. The molecule has 3 rings (SSSR count). The van der Waals surface area contributed by atoms with E-state index in [1.807, 2.05) is 36.5 Å². The van der Waals surface area contributed by atoms with Gasteiger partial charge in [-0.1, -0.05) is 48.0 Å². The number of thiocarbonyl (C=S) groups is 1. The van der Waals surface area contributed by atoms with Crippen LogP contribution in [0.3, 0.4) is 0 Å². The summed E-state index contributed by atoms with van der Waals surface area (Å²) in [5.41, 5.74) is 1.96. The lowest BCUT2D eigenvalue weighted by atomic mass is 10.1. The standard InChI is InChI=1S/C19H19ClN4OS/c1-14(15-6-3-2-4-7-15)22-19(26)23-17-11-21-24(12-17)13-25-18-9-5-8-16(20)10-18/h2-12,14H,13H2,1H3,(H2,22,23,26). The second-order valence-electron chi connectivity index (χ2n) is 5.73. The van der Waals surface area contributed by atoms with Gasteiger partial charge in [0.05, 0.1) is 24.1 Å². The first-order chi connectivity index (χ1) is 12.6. The largest absolute Gasteiger partial charge is 0.471 e. The van der Waals surface area contributed by atoms with Gasteiger partial charge in [0, 0.05) is 5.02 Å². The van der Waals surface area contributed by atoms with E-state index < -0.39 is 0 Å². The summed E-state index contributed by atoms with van der Waals surface area (Å²) in [5, 5.41) is 11.8. The highest BCUT2D eigenvalue weighted by Gasteiger charge is 2.07. The van der Waals surface area contributed by atoms with E-state index in [0.717, 1.165) is 5.69 Å². The lowest BCUT2D eigenvalue weighted by molar-refractivity contribution is 0.221. The molecule has 1 heterocycles. The second kappa shape index (κ2) is 8.69. The molecule has 0 spiro atoms. The van der Waals surface area contributed by atoms with Crippen LogP contribution >= 0.6 is 23.8 Å². The second-order valence-corrected chi connectivity index (χ2v) is 6.57. The highest BCUT2D eigenvalue weighted by Crippen LogP contribution is 2.17. The predicted octanol–water partition coefficient (Wildman–Crippen LogP) is 4.62. The summed E-state index contributed by atoms with van der Waals surface area (Å²) in [6.45, 7) is 2.34. The average Bonchev–Trinajstić information content (AvgIpc) is 3.08. The molecule has 0 aliphatic rings. The normalized spacial score (nSPS) is 11.6. The maximum absolute atomic E-state index is 5.94. The number of nitrogens with zero attached hydrogens (tertiary/aromatic N) is 2. The van der Waals surface area contributed by atoms with Gasteiger partial charge in [-0.2, -0.15) is 5.10 Å². The van der Waals surface area contributed by atoms with Gasteiger partial charge >= 0.3 is 0 Å². The van der Waals surface area contributed by atoms with Crippen LogP contribution in [0.4, 0.5) is 5.69 Å². The van der Waals surface area contributed by atoms with Crippen molar-refractivity contribution in [2.75, 3.05) is 5.32 Å². The molecule has 0 saturated heterocycles. The van der Waals surface area contributed by atoms with Gasteiger partial charge < -0.3 is 15.4 Å². The molecule has 1 unspecified atom stereocenters. The van der Waals surface area contributed by atoms with Gasteiger partial charge in [0.2, 0.25) is 0 Å². The Kier molecular flexibility index (Phi) is 6.09. The minimum atomic E-state index is 0.109. The molecule has 2 N–H and O–H groups in total. The summed E-state index contributed by atoms with van der Waals surface area (Å²) in [7, 11) is 0. The van der Waals surface area contributed by atoms with E-state index in [1.165, 1.54) is 5.56 Å². The zero-order valence-electron chi connectivity index (χ0n) is 14.2. The van der Waals surface area contributed by atoms with Crippen molar-refractivity contribution in [2.45, 2.75) is 19.7 Å². The fourth-order valence-corrected chi connectivity index (χ4v) is 2.86. The van der Waals surface area contributed by atoms with Crippen molar-refractivity contribution < 1.29 is 4.74 Å². The van der Waals surface area contributed by atoms with Crippen molar-refractivity contribution in [1.29, 1.82) is 0 Å². The average molecular weight is 387 g/mol. The highest BCUT2D eigenvalue weighted by molar-refractivity contribution is 7.80. The smallest absolute Gasteiger partial charge is 0.180 e. The van der Waals surface area contributed by atoms with E-state index in [9.17, 15) is 0 Å². The molecule has 0 aliphatic carbocycles. The van der Waals surface area contributed by atoms with Gasteiger partial charge in [-0.05, 0) is 42.9 Å². The van der Waals surface area contributed by atoms with Gasteiger partial charge in [0.25, 0.3) is 0 Å². The third-order valence-electron chi connectivity index (χ3n) is 3.70. The first-order valence-electron chi connectivity index (χ1n) is 8.13. The molecule has 0 fully saturated rings. The minimum Gasteiger partial charge on any atom is -0.471 e. The van der Waals surface area contributed by atoms with Crippen molar-refractivity contribution in [3.05, 3.63) is 77.6 Å². The topological polar surface area (TPSA) is 51.1 Å². The fraction of sp³-hybridized carbons (Fsp3) is 0.158. The van der Waals surface area contributed by atoms with Crippen LogP contribution in [0.15, 0.2) is 67.0 Å². The first-order valence-corrected chi connectivity index (χ1v) is 8.92. The van der Waals surface area contributed by atoms with Gasteiger partial charge in [0.15, 0.2) is 11.8 Å². The number of halogens is 1. The summed E-state index contributed by atoms with van der Waals surface area (Å²) in [6.07, 6.45) is 3.52. The van der Waals surface area contributed by atoms with Crippen LogP contribution in [-0.2, 0) is 6.73 Å². The molecular formula is C19H19ClN4OS. The SMILES string of the molecule is CC(NC(=S)Nc1cnn(COc2cccc(Cl)c2)c1)c1ccccc1. The van der Waals surface area contributed by atoms with E-state index in [1.54, 1.807) is 23.0 Å². The third-order valence-corrected chi connectivity index (χ3v) is 4.15. The fourth-order valence-electron chi connectivity index (χ4n) is 2.39. The van der Waals surface area contributed by atoms with Crippen LogP contribution in [0.2, 0.25) is 5.02 Å². The molecular weight excluding hydrogens is 368 g/mol. The van der Waals surface area contributed by atoms with Crippen LogP contribution in [-0.4, -0.2) is 14.9 Å². The van der Waals surface area contributed by atoms with Gasteiger partial charge in [-0.15, -0.1) is 0 Å². The van der Waals surface area contributed by atoms with Crippen molar-refractivity contribution >= 4 is 34.6 Å². The Morgan fingerprint density at radius 1 is 1.23 bits per heavy atom. The quantitative estimate of drug-likeness (QED) is 0.605. The molecule has 0 aliphatic heterocycles. The summed E-state index contributed by atoms with van der Waals surface area (Å²) >= 11 is 11.3. The predicted molar refractivity (Wildman–Crippen MR) is 109 cm³/mol. The van der Waals surface area contributed by atoms with Crippen LogP contribution < -0.4 is 15.4 Å². The molecule has 3 aromatic rings. The molecule has 0 saturated carbocycles. The summed E-state index contributed by atoms with van der Waals surface area (Å²) in [4.78, 5) is 0. The summed E-state index contributed by atoms with van der Waals surface area (Å²) in [6, 6.07) is 17.5. The zero-order valence-corrected chi connectivity index (χ0v) is 15.8. The van der Waals surface area contributed by atoms with E-state index in [4.69, 9.17) is 28.6 Å². The number of hydrogen-bond acceptors (Lipinski definition) is 3. The molecule has 0 bridgehead atoms. The van der Waals surface area contributed by atoms with Crippen LogP contribution in [0.1, 0.15) is 18.5 Å². The molecule has 5 nitrogen and oxygen atoms in total. The summed E-state index contributed by atoms with van der Waals surface area (Å²) < 4.78 is 7.33. The van der Waals surface area contributed by atoms with Gasteiger partial charge in [0.1, 0.15) is 5.75 Å². The number of ether oxygens (including phenoxy) is 1. The molecule has 1 atom stereocenters. The summed E-state index contributed by atoms with van der Waals surface area (Å²) in [5.74, 6) is 0.691. The molecule has 7 heteroatoms. The van der Waals surface area contributed by atoms with Crippen molar-refractivity contribution in [1.82, 2.24) is 15.1 Å². The van der Waals surface area contributed by atoms with Crippen molar-refractivity contribution in [2.24, 2.45) is 0 Å².